The fraction of sp³-hybridized carbons (Fsp3) is 0.517. The number of nitrogens with zero attached hydrogens (tertiary/aromatic N) is 2. The molecule has 4 rings (SSSR count). The first-order valence-corrected chi connectivity index (χ1v) is 13.9. The predicted octanol–water partition coefficient (Wildman–Crippen LogP) is 5.77. The lowest BCUT2D eigenvalue weighted by Crippen LogP contribution is -2.73. The van der Waals surface area contributed by atoms with Crippen LogP contribution in [0, 0.1) is 5.92 Å². The minimum absolute atomic E-state index is 0. The SMILES string of the molecule is CCCCN1C(=O)[C@H](CC(C)C)NC(=O)C12CCN(Cc1ccc(Sc3ccccc3)cc1)CC2.Cl. The first-order valence-electron chi connectivity index (χ1n) is 13.1. The number of carbonyl (C=O) groups is 2. The lowest BCUT2D eigenvalue weighted by Gasteiger charge is -2.52. The smallest absolute Gasteiger partial charge is 0.246 e. The molecule has 0 saturated carbocycles. The molecule has 1 spiro atoms. The molecule has 36 heavy (non-hydrogen) atoms. The summed E-state index contributed by atoms with van der Waals surface area (Å²) in [5.41, 5.74) is 0.592. The molecule has 2 heterocycles. The molecule has 2 aliphatic rings. The Hall–Kier alpha value is -2.02. The van der Waals surface area contributed by atoms with E-state index in [0.717, 1.165) is 32.5 Å². The van der Waals surface area contributed by atoms with Crippen LogP contribution >= 0.6 is 24.2 Å². The highest BCUT2D eigenvalue weighted by Crippen LogP contribution is 2.35. The number of nitrogens with one attached hydrogen (secondary N) is 1. The van der Waals surface area contributed by atoms with Crippen LogP contribution in [0.3, 0.4) is 0 Å². The van der Waals surface area contributed by atoms with E-state index >= 15 is 0 Å². The Kier molecular flexibility index (Phi) is 10.3. The summed E-state index contributed by atoms with van der Waals surface area (Å²) in [7, 11) is 0. The maximum atomic E-state index is 13.4. The number of benzene rings is 2. The second-order valence-corrected chi connectivity index (χ2v) is 11.5. The molecule has 0 unspecified atom stereocenters. The van der Waals surface area contributed by atoms with Gasteiger partial charge in [-0.05, 0) is 61.4 Å². The van der Waals surface area contributed by atoms with Crippen LogP contribution in [0.2, 0.25) is 0 Å². The zero-order valence-corrected chi connectivity index (χ0v) is 23.4. The van der Waals surface area contributed by atoms with Gasteiger partial charge in [0.05, 0.1) is 0 Å². The largest absolute Gasteiger partial charge is 0.342 e. The maximum Gasteiger partial charge on any atom is 0.246 e. The van der Waals surface area contributed by atoms with Crippen LogP contribution in [0.15, 0.2) is 64.4 Å². The van der Waals surface area contributed by atoms with Crippen molar-refractivity contribution in [1.29, 1.82) is 0 Å². The van der Waals surface area contributed by atoms with Crippen molar-refractivity contribution in [3.8, 4) is 0 Å². The van der Waals surface area contributed by atoms with Crippen LogP contribution < -0.4 is 5.32 Å². The van der Waals surface area contributed by atoms with E-state index in [4.69, 9.17) is 0 Å². The average Bonchev–Trinajstić information content (AvgIpc) is 2.85. The number of hydrogen-bond acceptors (Lipinski definition) is 4. The molecule has 1 N–H and O–H groups in total. The summed E-state index contributed by atoms with van der Waals surface area (Å²) >= 11 is 1.77. The summed E-state index contributed by atoms with van der Waals surface area (Å²) < 4.78 is 0. The number of amides is 2. The van der Waals surface area contributed by atoms with Crippen molar-refractivity contribution in [3.05, 3.63) is 60.2 Å². The lowest BCUT2D eigenvalue weighted by atomic mass is 9.80. The van der Waals surface area contributed by atoms with Crippen molar-refractivity contribution in [2.24, 2.45) is 5.92 Å². The molecular formula is C29H40ClN3O2S. The van der Waals surface area contributed by atoms with Gasteiger partial charge in [-0.1, -0.05) is 69.3 Å². The summed E-state index contributed by atoms with van der Waals surface area (Å²) in [6.45, 7) is 9.53. The standard InChI is InChI=1S/C29H39N3O2S.ClH/c1-4-5-17-32-27(33)26(20-22(2)3)30-28(34)29(32)15-18-31(19-16-29)21-23-11-13-25(14-12-23)35-24-9-7-6-8-10-24;/h6-14,22,26H,4-5,15-21H2,1-3H3,(H,30,34);1H/t26-;/m0./s1. The number of likely N-dealkylation sites (tertiary alicyclic amines) is 1. The quantitative estimate of drug-likeness (QED) is 0.448. The van der Waals surface area contributed by atoms with E-state index in [1.54, 1.807) is 11.8 Å². The van der Waals surface area contributed by atoms with Crippen molar-refractivity contribution in [1.82, 2.24) is 15.1 Å². The maximum absolute atomic E-state index is 13.4. The van der Waals surface area contributed by atoms with E-state index < -0.39 is 5.54 Å². The normalized spacial score (nSPS) is 19.9. The molecular weight excluding hydrogens is 490 g/mol. The van der Waals surface area contributed by atoms with Gasteiger partial charge in [-0.25, -0.2) is 0 Å². The van der Waals surface area contributed by atoms with Gasteiger partial charge in [0.1, 0.15) is 11.6 Å². The van der Waals surface area contributed by atoms with E-state index in [1.807, 2.05) is 11.0 Å². The van der Waals surface area contributed by atoms with E-state index in [1.165, 1.54) is 15.4 Å². The third-order valence-corrected chi connectivity index (χ3v) is 8.26. The number of unbranched alkanes of at least 4 members (excludes halogenated alkanes) is 1. The number of piperazine rings is 1. The molecule has 0 aliphatic carbocycles. The average molecular weight is 530 g/mol. The Morgan fingerprint density at radius 2 is 1.64 bits per heavy atom. The molecule has 2 aliphatic heterocycles. The highest BCUT2D eigenvalue weighted by Gasteiger charge is 2.53. The van der Waals surface area contributed by atoms with E-state index in [2.05, 4.69) is 79.5 Å². The van der Waals surface area contributed by atoms with Crippen LogP contribution in [0.5, 0.6) is 0 Å². The van der Waals surface area contributed by atoms with Crippen LogP contribution in [-0.2, 0) is 16.1 Å². The molecule has 5 nitrogen and oxygen atoms in total. The molecule has 7 heteroatoms. The van der Waals surface area contributed by atoms with Crippen LogP contribution in [0.4, 0.5) is 0 Å². The van der Waals surface area contributed by atoms with E-state index in [9.17, 15) is 9.59 Å². The molecule has 2 saturated heterocycles. The summed E-state index contributed by atoms with van der Waals surface area (Å²) in [5.74, 6) is 0.540. The third-order valence-electron chi connectivity index (χ3n) is 7.24. The molecule has 196 valence electrons. The molecule has 0 aromatic heterocycles. The Morgan fingerprint density at radius 1 is 1.00 bits per heavy atom. The van der Waals surface area contributed by atoms with Crippen LogP contribution in [0.1, 0.15) is 58.4 Å². The summed E-state index contributed by atoms with van der Waals surface area (Å²) in [5, 5.41) is 3.10. The number of carbonyl (C=O) groups excluding carboxylic acids is 2. The third kappa shape index (κ3) is 6.64. The van der Waals surface area contributed by atoms with Crippen molar-refractivity contribution < 1.29 is 9.59 Å². The molecule has 2 fully saturated rings. The van der Waals surface area contributed by atoms with Gasteiger partial charge >= 0.3 is 0 Å². The predicted molar refractivity (Wildman–Crippen MR) is 150 cm³/mol. The zero-order chi connectivity index (χ0) is 24.8. The van der Waals surface area contributed by atoms with Crippen molar-refractivity contribution >= 4 is 36.0 Å². The Morgan fingerprint density at radius 3 is 2.25 bits per heavy atom. The first kappa shape index (κ1) is 28.5. The molecule has 0 bridgehead atoms. The van der Waals surface area contributed by atoms with Gasteiger partial charge in [0, 0.05) is 36.0 Å². The fourth-order valence-electron chi connectivity index (χ4n) is 5.27. The van der Waals surface area contributed by atoms with Gasteiger partial charge in [0.15, 0.2) is 0 Å². The summed E-state index contributed by atoms with van der Waals surface area (Å²) in [4.78, 5) is 33.7. The minimum Gasteiger partial charge on any atom is -0.342 e. The van der Waals surface area contributed by atoms with Gasteiger partial charge in [-0.3, -0.25) is 14.5 Å². The van der Waals surface area contributed by atoms with Crippen LogP contribution in [0.25, 0.3) is 0 Å². The van der Waals surface area contributed by atoms with Gasteiger partial charge in [-0.15, -0.1) is 12.4 Å². The van der Waals surface area contributed by atoms with Crippen LogP contribution in [-0.4, -0.2) is 52.8 Å². The number of halogens is 1. The Balaban J connectivity index is 0.00000361. The second kappa shape index (κ2) is 13.0. The Labute approximate surface area is 226 Å². The van der Waals surface area contributed by atoms with Gasteiger partial charge in [0.2, 0.25) is 11.8 Å². The number of hydrogen-bond donors (Lipinski definition) is 1. The van der Waals surface area contributed by atoms with Crippen molar-refractivity contribution in [2.45, 2.75) is 80.8 Å². The summed E-state index contributed by atoms with van der Waals surface area (Å²) in [6.07, 6.45) is 4.05. The minimum atomic E-state index is -0.688. The van der Waals surface area contributed by atoms with Gasteiger partial charge in [0.25, 0.3) is 0 Å². The molecule has 2 aromatic rings. The molecule has 2 amide bonds. The highest BCUT2D eigenvalue weighted by atomic mass is 35.5. The van der Waals surface area contributed by atoms with E-state index in [0.29, 0.717) is 31.7 Å². The zero-order valence-electron chi connectivity index (χ0n) is 21.7. The topological polar surface area (TPSA) is 52.7 Å². The first-order chi connectivity index (χ1) is 16.9. The lowest BCUT2D eigenvalue weighted by molar-refractivity contribution is -0.161. The Bertz CT molecular complexity index is 991. The highest BCUT2D eigenvalue weighted by molar-refractivity contribution is 7.99. The van der Waals surface area contributed by atoms with Crippen molar-refractivity contribution in [3.63, 3.8) is 0 Å². The molecule has 1 atom stereocenters. The van der Waals surface area contributed by atoms with Crippen molar-refractivity contribution in [2.75, 3.05) is 19.6 Å². The number of piperidine rings is 1. The molecule has 0 radical (unpaired) electrons. The second-order valence-electron chi connectivity index (χ2n) is 10.4. The monoisotopic (exact) mass is 529 g/mol. The summed E-state index contributed by atoms with van der Waals surface area (Å²) in [6, 6.07) is 18.8. The van der Waals surface area contributed by atoms with Gasteiger partial charge < -0.3 is 10.2 Å². The van der Waals surface area contributed by atoms with E-state index in [-0.39, 0.29) is 30.3 Å². The van der Waals surface area contributed by atoms with Gasteiger partial charge in [-0.2, -0.15) is 0 Å². The number of rotatable bonds is 9. The fourth-order valence-corrected chi connectivity index (χ4v) is 6.11. The molecule has 2 aromatic carbocycles.